The number of carbonyl (C=O) groups excluding carboxylic acids is 1. The molecule has 0 unspecified atom stereocenters. The maximum atomic E-state index is 11.9. The second-order valence-corrected chi connectivity index (χ2v) is 4.97. The zero-order chi connectivity index (χ0) is 13.8. The van der Waals surface area contributed by atoms with Crippen molar-refractivity contribution < 1.29 is 4.79 Å². The second kappa shape index (κ2) is 5.85. The number of halogens is 1. The zero-order valence-electron chi connectivity index (χ0n) is 9.63. The van der Waals surface area contributed by atoms with E-state index in [1.807, 2.05) is 0 Å². The Morgan fingerprint density at radius 1 is 1.21 bits per heavy atom. The molecule has 0 saturated carbocycles. The molecule has 0 aliphatic carbocycles. The number of nitrogens with zero attached hydrogens (tertiary/aromatic N) is 2. The molecule has 0 aromatic carbocycles. The first-order chi connectivity index (χ1) is 9.06. The SMILES string of the molecule is NC(=S)c1ccc(C(=O)Nc2ccc(Br)cn2)nc1. The van der Waals surface area contributed by atoms with Crippen LogP contribution in [0.4, 0.5) is 5.82 Å². The normalized spacial score (nSPS) is 9.95. The van der Waals surface area contributed by atoms with E-state index in [0.29, 0.717) is 11.4 Å². The molecule has 0 aliphatic heterocycles. The first-order valence-electron chi connectivity index (χ1n) is 5.25. The van der Waals surface area contributed by atoms with E-state index in [4.69, 9.17) is 18.0 Å². The summed E-state index contributed by atoms with van der Waals surface area (Å²) in [5, 5.41) is 2.64. The number of pyridine rings is 2. The first-order valence-corrected chi connectivity index (χ1v) is 6.45. The van der Waals surface area contributed by atoms with Gasteiger partial charge in [-0.3, -0.25) is 9.78 Å². The predicted molar refractivity (Wildman–Crippen MR) is 80.0 cm³/mol. The van der Waals surface area contributed by atoms with Crippen LogP contribution in [-0.4, -0.2) is 20.9 Å². The fourth-order valence-electron chi connectivity index (χ4n) is 1.30. The Hall–Kier alpha value is -1.86. The van der Waals surface area contributed by atoms with Crippen LogP contribution < -0.4 is 11.1 Å². The fraction of sp³-hybridized carbons (Fsp3) is 0. The van der Waals surface area contributed by atoms with Crippen molar-refractivity contribution >= 4 is 44.9 Å². The quantitative estimate of drug-likeness (QED) is 0.839. The monoisotopic (exact) mass is 336 g/mol. The summed E-state index contributed by atoms with van der Waals surface area (Å²) in [6, 6.07) is 6.68. The molecule has 5 nitrogen and oxygen atoms in total. The summed E-state index contributed by atoms with van der Waals surface area (Å²) in [6.07, 6.45) is 3.06. The summed E-state index contributed by atoms with van der Waals surface area (Å²) in [5.74, 6) is 0.109. The Bertz CT molecular complexity index is 613. The van der Waals surface area contributed by atoms with Gasteiger partial charge in [0, 0.05) is 22.4 Å². The number of hydrogen-bond acceptors (Lipinski definition) is 4. The van der Waals surface area contributed by atoms with Crippen molar-refractivity contribution in [1.82, 2.24) is 9.97 Å². The number of carbonyl (C=O) groups is 1. The topological polar surface area (TPSA) is 80.9 Å². The first kappa shape index (κ1) is 13.6. The van der Waals surface area contributed by atoms with Crippen LogP contribution in [0.5, 0.6) is 0 Å². The van der Waals surface area contributed by atoms with Crippen LogP contribution in [0.15, 0.2) is 41.1 Å². The Morgan fingerprint density at radius 3 is 2.53 bits per heavy atom. The van der Waals surface area contributed by atoms with Crippen LogP contribution in [0.25, 0.3) is 0 Å². The fourth-order valence-corrected chi connectivity index (χ4v) is 1.66. The van der Waals surface area contributed by atoms with E-state index in [-0.39, 0.29) is 16.6 Å². The van der Waals surface area contributed by atoms with Crippen molar-refractivity contribution in [2.24, 2.45) is 5.73 Å². The minimum atomic E-state index is -0.343. The van der Waals surface area contributed by atoms with Crippen molar-refractivity contribution in [2.75, 3.05) is 5.32 Å². The van der Waals surface area contributed by atoms with E-state index < -0.39 is 0 Å². The van der Waals surface area contributed by atoms with Gasteiger partial charge in [0.2, 0.25) is 0 Å². The van der Waals surface area contributed by atoms with Gasteiger partial charge in [0.05, 0.1) is 0 Å². The highest BCUT2D eigenvalue weighted by Crippen LogP contribution is 2.11. The largest absolute Gasteiger partial charge is 0.389 e. The van der Waals surface area contributed by atoms with E-state index in [0.717, 1.165) is 4.47 Å². The summed E-state index contributed by atoms with van der Waals surface area (Å²) in [6.45, 7) is 0. The summed E-state index contributed by atoms with van der Waals surface area (Å²) >= 11 is 8.08. The molecular weight excluding hydrogens is 328 g/mol. The maximum Gasteiger partial charge on any atom is 0.275 e. The number of aromatic nitrogens is 2. The summed E-state index contributed by atoms with van der Waals surface area (Å²) < 4.78 is 0.837. The maximum absolute atomic E-state index is 11.9. The second-order valence-electron chi connectivity index (χ2n) is 3.61. The van der Waals surface area contributed by atoms with Gasteiger partial charge in [0.25, 0.3) is 5.91 Å². The van der Waals surface area contributed by atoms with Gasteiger partial charge in [-0.2, -0.15) is 0 Å². The number of hydrogen-bond donors (Lipinski definition) is 2. The van der Waals surface area contributed by atoms with Gasteiger partial charge in [-0.25, -0.2) is 4.98 Å². The molecule has 2 rings (SSSR count). The molecule has 0 spiro atoms. The zero-order valence-corrected chi connectivity index (χ0v) is 12.0. The van der Waals surface area contributed by atoms with Gasteiger partial charge < -0.3 is 11.1 Å². The van der Waals surface area contributed by atoms with Crippen molar-refractivity contribution in [3.8, 4) is 0 Å². The molecule has 0 fully saturated rings. The van der Waals surface area contributed by atoms with E-state index in [1.54, 1.807) is 30.5 Å². The molecule has 0 radical (unpaired) electrons. The highest BCUT2D eigenvalue weighted by atomic mass is 79.9. The number of rotatable bonds is 3. The third kappa shape index (κ3) is 3.55. The standard InChI is InChI=1S/C12H9BrN4OS/c13-8-2-4-10(16-6-8)17-12(18)9-3-1-7(5-15-9)11(14)19/h1-6H,(H2,14,19)(H,16,17,18). The molecule has 0 aliphatic rings. The molecule has 0 atom stereocenters. The van der Waals surface area contributed by atoms with Crippen LogP contribution >= 0.6 is 28.1 Å². The molecule has 2 aromatic heterocycles. The third-order valence-electron chi connectivity index (χ3n) is 2.25. The highest BCUT2D eigenvalue weighted by Gasteiger charge is 2.08. The Kier molecular flexibility index (Phi) is 4.18. The average molecular weight is 337 g/mol. The van der Waals surface area contributed by atoms with Crippen molar-refractivity contribution in [2.45, 2.75) is 0 Å². The lowest BCUT2D eigenvalue weighted by Crippen LogP contribution is -2.16. The molecule has 7 heteroatoms. The Balaban J connectivity index is 2.11. The van der Waals surface area contributed by atoms with Crippen LogP contribution in [0.1, 0.15) is 16.1 Å². The molecule has 1 amide bonds. The number of anilines is 1. The van der Waals surface area contributed by atoms with Crippen molar-refractivity contribution in [1.29, 1.82) is 0 Å². The molecule has 3 N–H and O–H groups in total. The van der Waals surface area contributed by atoms with Crippen molar-refractivity contribution in [3.05, 3.63) is 52.4 Å². The van der Waals surface area contributed by atoms with Gasteiger partial charge in [-0.1, -0.05) is 12.2 Å². The van der Waals surface area contributed by atoms with Gasteiger partial charge >= 0.3 is 0 Å². The smallest absolute Gasteiger partial charge is 0.275 e. The average Bonchev–Trinajstić information content (AvgIpc) is 2.41. The predicted octanol–water partition coefficient (Wildman–Crippen LogP) is 2.13. The molecule has 19 heavy (non-hydrogen) atoms. The van der Waals surface area contributed by atoms with E-state index in [2.05, 4.69) is 31.2 Å². The Labute approximate surface area is 123 Å². The van der Waals surface area contributed by atoms with Crippen LogP contribution in [0, 0.1) is 0 Å². The molecule has 0 bridgehead atoms. The summed E-state index contributed by atoms with van der Waals surface area (Å²) in [4.78, 5) is 20.2. The van der Waals surface area contributed by atoms with Gasteiger partial charge in [-0.15, -0.1) is 0 Å². The molecule has 96 valence electrons. The number of nitrogens with two attached hydrogens (primary N) is 1. The van der Waals surface area contributed by atoms with Crippen molar-refractivity contribution in [3.63, 3.8) is 0 Å². The number of nitrogens with one attached hydrogen (secondary N) is 1. The molecule has 0 saturated heterocycles. The van der Waals surface area contributed by atoms with E-state index in [9.17, 15) is 4.79 Å². The third-order valence-corrected chi connectivity index (χ3v) is 2.95. The summed E-state index contributed by atoms with van der Waals surface area (Å²) in [5.41, 5.74) is 6.34. The van der Waals surface area contributed by atoms with Gasteiger partial charge in [0.1, 0.15) is 16.5 Å². The van der Waals surface area contributed by atoms with Gasteiger partial charge in [0.15, 0.2) is 0 Å². The minimum Gasteiger partial charge on any atom is -0.389 e. The van der Waals surface area contributed by atoms with Crippen LogP contribution in [0.2, 0.25) is 0 Å². The van der Waals surface area contributed by atoms with Crippen LogP contribution in [-0.2, 0) is 0 Å². The lowest BCUT2D eigenvalue weighted by atomic mass is 10.2. The lowest BCUT2D eigenvalue weighted by molar-refractivity contribution is 0.102. The minimum absolute atomic E-state index is 0.244. The Morgan fingerprint density at radius 2 is 2.00 bits per heavy atom. The summed E-state index contributed by atoms with van der Waals surface area (Å²) in [7, 11) is 0. The van der Waals surface area contributed by atoms with Crippen LogP contribution in [0.3, 0.4) is 0 Å². The molecule has 2 heterocycles. The van der Waals surface area contributed by atoms with E-state index in [1.165, 1.54) is 6.20 Å². The molecule has 2 aromatic rings. The lowest BCUT2D eigenvalue weighted by Gasteiger charge is -2.04. The number of thiocarbonyl (C=S) groups is 1. The molecular formula is C12H9BrN4OS. The van der Waals surface area contributed by atoms with E-state index >= 15 is 0 Å². The number of amides is 1. The van der Waals surface area contributed by atoms with Gasteiger partial charge in [-0.05, 0) is 40.2 Å². The highest BCUT2D eigenvalue weighted by molar-refractivity contribution is 9.10.